The summed E-state index contributed by atoms with van der Waals surface area (Å²) in [6, 6.07) is 4.99. The number of hydrogen-bond acceptors (Lipinski definition) is 5. The molecule has 0 radical (unpaired) electrons. The van der Waals surface area contributed by atoms with Crippen LogP contribution in [0.1, 0.15) is 19.3 Å². The molecule has 0 fully saturated rings. The van der Waals surface area contributed by atoms with E-state index >= 15 is 0 Å². The van der Waals surface area contributed by atoms with Gasteiger partial charge in [-0.25, -0.2) is 13.1 Å². The van der Waals surface area contributed by atoms with E-state index in [0.717, 1.165) is 0 Å². The molecule has 0 amide bonds. The van der Waals surface area contributed by atoms with Crippen molar-refractivity contribution in [2.24, 2.45) is 5.73 Å². The predicted octanol–water partition coefficient (Wildman–Crippen LogP) is 0.129. The molecule has 20 heavy (non-hydrogen) atoms. The van der Waals surface area contributed by atoms with Gasteiger partial charge in [-0.1, -0.05) is 6.42 Å². The molecular formula is C12H19N3O4S. The van der Waals surface area contributed by atoms with E-state index in [1.165, 1.54) is 24.3 Å². The zero-order valence-corrected chi connectivity index (χ0v) is 11.8. The first-order valence-electron chi connectivity index (χ1n) is 6.16. The second-order valence-electron chi connectivity index (χ2n) is 4.41. The largest absolute Gasteiger partial charge is 0.480 e. The number of anilines is 1. The van der Waals surface area contributed by atoms with Gasteiger partial charge in [0.05, 0.1) is 4.90 Å². The molecule has 1 rings (SSSR count). The minimum atomic E-state index is -3.55. The molecule has 0 saturated heterocycles. The molecule has 0 spiro atoms. The summed E-state index contributed by atoms with van der Waals surface area (Å²) in [7, 11) is -3.55. The summed E-state index contributed by atoms with van der Waals surface area (Å²) in [5.41, 5.74) is 11.3. The van der Waals surface area contributed by atoms with Gasteiger partial charge in [-0.05, 0) is 37.1 Å². The van der Waals surface area contributed by atoms with Crippen molar-refractivity contribution in [3.63, 3.8) is 0 Å². The Kier molecular flexibility index (Phi) is 5.93. The average Bonchev–Trinajstić information content (AvgIpc) is 2.38. The number of benzene rings is 1. The molecule has 0 heterocycles. The Balaban J connectivity index is 2.37. The molecule has 6 N–H and O–H groups in total. The molecule has 1 aromatic carbocycles. The minimum Gasteiger partial charge on any atom is -0.480 e. The van der Waals surface area contributed by atoms with Gasteiger partial charge in [-0.2, -0.15) is 0 Å². The molecule has 7 nitrogen and oxygen atoms in total. The number of rotatable bonds is 8. The first-order valence-corrected chi connectivity index (χ1v) is 7.65. The monoisotopic (exact) mass is 301 g/mol. The quantitative estimate of drug-likeness (QED) is 0.398. The SMILES string of the molecule is Nc1ccc(S(=O)(=O)NCCCC[C@H](N)C(=O)O)cc1. The van der Waals surface area contributed by atoms with E-state index in [-0.39, 0.29) is 11.4 Å². The summed E-state index contributed by atoms with van der Waals surface area (Å²) in [5.74, 6) is -1.05. The molecule has 0 saturated carbocycles. The number of hydrogen-bond donors (Lipinski definition) is 4. The van der Waals surface area contributed by atoms with Crippen molar-refractivity contribution >= 4 is 21.7 Å². The number of unbranched alkanes of at least 4 members (excludes halogenated alkanes) is 1. The molecule has 1 atom stereocenters. The van der Waals surface area contributed by atoms with Crippen molar-refractivity contribution < 1.29 is 18.3 Å². The number of nitrogens with two attached hydrogens (primary N) is 2. The van der Waals surface area contributed by atoms with Crippen molar-refractivity contribution in [2.75, 3.05) is 12.3 Å². The standard InChI is InChI=1S/C12H19N3O4S/c13-9-4-6-10(7-5-9)20(18,19)15-8-2-1-3-11(14)12(16)17/h4-7,11,15H,1-3,8,13-14H2,(H,16,17)/t11-/m0/s1. The molecular weight excluding hydrogens is 282 g/mol. The van der Waals surface area contributed by atoms with E-state index in [1.54, 1.807) is 0 Å². The van der Waals surface area contributed by atoms with Crippen LogP contribution in [0.2, 0.25) is 0 Å². The molecule has 1 aromatic rings. The highest BCUT2D eigenvalue weighted by atomic mass is 32.2. The Morgan fingerprint density at radius 2 is 1.85 bits per heavy atom. The first kappa shape index (κ1) is 16.4. The van der Waals surface area contributed by atoms with Crippen LogP contribution in [-0.4, -0.2) is 32.1 Å². The van der Waals surface area contributed by atoms with Gasteiger partial charge in [0.1, 0.15) is 6.04 Å². The van der Waals surface area contributed by atoms with Crippen molar-refractivity contribution in [2.45, 2.75) is 30.2 Å². The van der Waals surface area contributed by atoms with E-state index < -0.39 is 22.0 Å². The highest BCUT2D eigenvalue weighted by Crippen LogP contribution is 2.11. The number of nitrogens with one attached hydrogen (secondary N) is 1. The third-order valence-electron chi connectivity index (χ3n) is 2.74. The lowest BCUT2D eigenvalue weighted by Gasteiger charge is -2.08. The Morgan fingerprint density at radius 3 is 2.40 bits per heavy atom. The third-order valence-corrected chi connectivity index (χ3v) is 4.22. The topological polar surface area (TPSA) is 136 Å². The van der Waals surface area contributed by atoms with Gasteiger partial charge >= 0.3 is 5.97 Å². The summed E-state index contributed by atoms with van der Waals surface area (Å²) < 4.78 is 26.2. The lowest BCUT2D eigenvalue weighted by Crippen LogP contribution is -2.30. The zero-order chi connectivity index (χ0) is 15.2. The van der Waals surface area contributed by atoms with Gasteiger partial charge in [0, 0.05) is 12.2 Å². The number of sulfonamides is 1. The maximum atomic E-state index is 11.9. The molecule has 8 heteroatoms. The molecule has 0 aliphatic heterocycles. The van der Waals surface area contributed by atoms with Gasteiger partial charge < -0.3 is 16.6 Å². The van der Waals surface area contributed by atoms with E-state index in [1.807, 2.05) is 0 Å². The Morgan fingerprint density at radius 1 is 1.25 bits per heavy atom. The Hall–Kier alpha value is -1.64. The average molecular weight is 301 g/mol. The smallest absolute Gasteiger partial charge is 0.320 e. The highest BCUT2D eigenvalue weighted by molar-refractivity contribution is 7.89. The van der Waals surface area contributed by atoms with Crippen molar-refractivity contribution in [1.82, 2.24) is 4.72 Å². The number of carbonyl (C=O) groups is 1. The van der Waals surface area contributed by atoms with Crippen LogP contribution >= 0.6 is 0 Å². The van der Waals surface area contributed by atoms with Crippen LogP contribution < -0.4 is 16.2 Å². The van der Waals surface area contributed by atoms with Crippen LogP contribution in [0, 0.1) is 0 Å². The lowest BCUT2D eigenvalue weighted by molar-refractivity contribution is -0.138. The summed E-state index contributed by atoms with van der Waals surface area (Å²) in [6.45, 7) is 0.235. The van der Waals surface area contributed by atoms with Gasteiger partial charge in [0.2, 0.25) is 10.0 Å². The van der Waals surface area contributed by atoms with Crippen LogP contribution in [0.3, 0.4) is 0 Å². The Bertz CT molecular complexity index is 542. The summed E-state index contributed by atoms with van der Waals surface area (Å²) in [4.78, 5) is 10.6. The minimum absolute atomic E-state index is 0.147. The third kappa shape index (κ3) is 5.16. The van der Waals surface area contributed by atoms with Gasteiger partial charge in [0.25, 0.3) is 0 Å². The fourth-order valence-corrected chi connectivity index (χ4v) is 2.62. The number of aliphatic carboxylic acids is 1. The molecule has 112 valence electrons. The van der Waals surface area contributed by atoms with E-state index in [2.05, 4.69) is 4.72 Å². The van der Waals surface area contributed by atoms with Crippen LogP contribution in [-0.2, 0) is 14.8 Å². The molecule has 0 bridgehead atoms. The second kappa shape index (κ2) is 7.22. The number of carboxylic acid groups (broad SMARTS) is 1. The summed E-state index contributed by atoms with van der Waals surface area (Å²) >= 11 is 0. The van der Waals surface area contributed by atoms with E-state index in [0.29, 0.717) is 24.9 Å². The highest BCUT2D eigenvalue weighted by Gasteiger charge is 2.13. The molecule has 0 aromatic heterocycles. The molecule has 0 unspecified atom stereocenters. The fourth-order valence-electron chi connectivity index (χ4n) is 1.55. The number of nitrogen functional groups attached to an aromatic ring is 1. The Labute approximate surface area is 118 Å². The van der Waals surface area contributed by atoms with E-state index in [4.69, 9.17) is 16.6 Å². The normalized spacial score (nSPS) is 13.1. The predicted molar refractivity (Wildman–Crippen MR) is 75.5 cm³/mol. The van der Waals surface area contributed by atoms with Crippen molar-refractivity contribution in [1.29, 1.82) is 0 Å². The second-order valence-corrected chi connectivity index (χ2v) is 6.17. The summed E-state index contributed by atoms with van der Waals surface area (Å²) in [6.07, 6.45) is 1.38. The molecule has 0 aliphatic carbocycles. The van der Waals surface area contributed by atoms with Crippen molar-refractivity contribution in [3.8, 4) is 0 Å². The van der Waals surface area contributed by atoms with Crippen LogP contribution in [0.25, 0.3) is 0 Å². The lowest BCUT2D eigenvalue weighted by atomic mass is 10.1. The maximum absolute atomic E-state index is 11.9. The fraction of sp³-hybridized carbons (Fsp3) is 0.417. The zero-order valence-electron chi connectivity index (χ0n) is 11.0. The van der Waals surface area contributed by atoms with Crippen molar-refractivity contribution in [3.05, 3.63) is 24.3 Å². The van der Waals surface area contributed by atoms with E-state index in [9.17, 15) is 13.2 Å². The van der Waals surface area contributed by atoms with Crippen LogP contribution in [0.4, 0.5) is 5.69 Å². The van der Waals surface area contributed by atoms with Gasteiger partial charge in [-0.15, -0.1) is 0 Å². The number of carboxylic acids is 1. The van der Waals surface area contributed by atoms with Crippen LogP contribution in [0.5, 0.6) is 0 Å². The molecule has 0 aliphatic rings. The van der Waals surface area contributed by atoms with Gasteiger partial charge in [-0.3, -0.25) is 4.79 Å². The maximum Gasteiger partial charge on any atom is 0.320 e. The summed E-state index contributed by atoms with van der Waals surface area (Å²) in [5, 5.41) is 8.59. The van der Waals surface area contributed by atoms with Crippen LogP contribution in [0.15, 0.2) is 29.2 Å². The first-order chi connectivity index (χ1) is 9.33. The van der Waals surface area contributed by atoms with Gasteiger partial charge in [0.15, 0.2) is 0 Å².